The SMILES string of the molecule is CCOC(=O)Cn1c(=O)n(Cc2ccc(Br)cc2F)c(=O)c2sc3cccc(Cl)c3c21. The molecule has 0 bridgehead atoms. The molecule has 0 atom stereocenters. The zero-order valence-corrected chi connectivity index (χ0v) is 19.3. The number of aromatic nitrogens is 2. The summed E-state index contributed by atoms with van der Waals surface area (Å²) in [4.78, 5) is 38.8. The highest BCUT2D eigenvalue weighted by Crippen LogP contribution is 2.35. The molecule has 0 aliphatic carbocycles. The summed E-state index contributed by atoms with van der Waals surface area (Å²) in [6.45, 7) is 1.12. The van der Waals surface area contributed by atoms with Crippen LogP contribution in [0, 0.1) is 5.82 Å². The van der Waals surface area contributed by atoms with Crippen LogP contribution in [0.4, 0.5) is 4.39 Å². The zero-order valence-electron chi connectivity index (χ0n) is 16.2. The molecule has 160 valence electrons. The third kappa shape index (κ3) is 3.93. The molecule has 4 aromatic rings. The molecule has 4 rings (SSSR count). The average Bonchev–Trinajstić information content (AvgIpc) is 3.11. The Balaban J connectivity index is 2.03. The first-order valence-corrected chi connectivity index (χ1v) is 11.2. The Labute approximate surface area is 192 Å². The minimum Gasteiger partial charge on any atom is -0.465 e. The van der Waals surface area contributed by atoms with Gasteiger partial charge in [0.05, 0.1) is 23.7 Å². The van der Waals surface area contributed by atoms with Gasteiger partial charge in [-0.3, -0.25) is 18.7 Å². The lowest BCUT2D eigenvalue weighted by Crippen LogP contribution is -2.41. The van der Waals surface area contributed by atoms with Crippen LogP contribution in [-0.2, 0) is 22.6 Å². The summed E-state index contributed by atoms with van der Waals surface area (Å²) in [5.74, 6) is -1.19. The molecule has 0 radical (unpaired) electrons. The monoisotopic (exact) mass is 524 g/mol. The van der Waals surface area contributed by atoms with Gasteiger partial charge in [-0.05, 0) is 31.2 Å². The number of ether oxygens (including phenoxy) is 1. The number of thiophene rings is 1. The molecule has 2 aromatic carbocycles. The number of esters is 1. The van der Waals surface area contributed by atoms with Crippen LogP contribution in [-0.4, -0.2) is 21.7 Å². The lowest BCUT2D eigenvalue weighted by atomic mass is 10.2. The molecule has 0 aliphatic rings. The Bertz CT molecular complexity index is 1460. The molecule has 31 heavy (non-hydrogen) atoms. The molecule has 0 amide bonds. The number of carbonyl (C=O) groups excluding carboxylic acids is 1. The second kappa shape index (κ2) is 8.57. The average molecular weight is 526 g/mol. The van der Waals surface area contributed by atoms with Gasteiger partial charge in [0.1, 0.15) is 17.1 Å². The first-order valence-electron chi connectivity index (χ1n) is 9.25. The van der Waals surface area contributed by atoms with Gasteiger partial charge in [0.15, 0.2) is 0 Å². The van der Waals surface area contributed by atoms with Crippen LogP contribution in [0.25, 0.3) is 20.3 Å². The third-order valence-electron chi connectivity index (χ3n) is 4.75. The number of fused-ring (bicyclic) bond motifs is 3. The Morgan fingerprint density at radius 3 is 2.71 bits per heavy atom. The van der Waals surface area contributed by atoms with Gasteiger partial charge in [0.25, 0.3) is 5.56 Å². The first kappa shape index (κ1) is 21.7. The molecule has 10 heteroatoms. The van der Waals surface area contributed by atoms with E-state index in [0.29, 0.717) is 19.6 Å². The molecule has 0 saturated carbocycles. The van der Waals surface area contributed by atoms with Gasteiger partial charge in [-0.1, -0.05) is 39.7 Å². The van der Waals surface area contributed by atoms with Crippen molar-refractivity contribution in [2.75, 3.05) is 6.61 Å². The fraction of sp³-hybridized carbons (Fsp3) is 0.190. The van der Waals surface area contributed by atoms with Gasteiger partial charge in [-0.15, -0.1) is 11.3 Å². The molecule has 2 heterocycles. The maximum atomic E-state index is 14.4. The van der Waals surface area contributed by atoms with Crippen molar-refractivity contribution in [3.8, 4) is 0 Å². The summed E-state index contributed by atoms with van der Waals surface area (Å²) in [6, 6.07) is 9.55. The van der Waals surface area contributed by atoms with Crippen molar-refractivity contribution < 1.29 is 13.9 Å². The number of benzene rings is 2. The predicted octanol–water partition coefficient (Wildman–Crippen LogP) is 4.54. The highest BCUT2D eigenvalue weighted by molar-refractivity contribution is 9.10. The summed E-state index contributed by atoms with van der Waals surface area (Å²) in [7, 11) is 0. The summed E-state index contributed by atoms with van der Waals surface area (Å²) in [6.07, 6.45) is 0. The Kier molecular flexibility index (Phi) is 6.00. The van der Waals surface area contributed by atoms with Crippen LogP contribution in [0.15, 0.2) is 50.5 Å². The first-order chi connectivity index (χ1) is 14.8. The van der Waals surface area contributed by atoms with E-state index in [1.807, 2.05) is 0 Å². The minimum atomic E-state index is -0.743. The normalized spacial score (nSPS) is 11.4. The van der Waals surface area contributed by atoms with Gasteiger partial charge in [0, 0.05) is 20.1 Å². The number of nitrogens with zero attached hydrogens (tertiary/aromatic N) is 2. The maximum Gasteiger partial charge on any atom is 0.332 e. The largest absolute Gasteiger partial charge is 0.465 e. The van der Waals surface area contributed by atoms with Crippen LogP contribution in [0.1, 0.15) is 12.5 Å². The van der Waals surface area contributed by atoms with E-state index in [9.17, 15) is 18.8 Å². The van der Waals surface area contributed by atoms with Crippen LogP contribution >= 0.6 is 38.9 Å². The summed E-state index contributed by atoms with van der Waals surface area (Å²) in [5, 5.41) is 0.876. The van der Waals surface area contributed by atoms with Crippen LogP contribution < -0.4 is 11.2 Å². The van der Waals surface area contributed by atoms with E-state index < -0.39 is 29.6 Å². The second-order valence-corrected chi connectivity index (χ2v) is 9.07. The molecular weight excluding hydrogens is 511 g/mol. The third-order valence-corrected chi connectivity index (χ3v) is 6.69. The van der Waals surface area contributed by atoms with Crippen molar-refractivity contribution in [1.82, 2.24) is 9.13 Å². The standard InChI is InChI=1S/C21H15BrClFN2O4S/c1-2-30-16(27)10-25-18-17-13(23)4-3-5-15(17)31-19(18)20(28)26(21(25)29)9-11-6-7-12(22)8-14(11)24/h3-8H,2,9-10H2,1H3. The molecule has 0 aliphatic heterocycles. The predicted molar refractivity (Wildman–Crippen MR) is 123 cm³/mol. The summed E-state index contributed by atoms with van der Waals surface area (Å²) < 4.78 is 23.0. The van der Waals surface area contributed by atoms with Crippen LogP contribution in [0.3, 0.4) is 0 Å². The minimum absolute atomic E-state index is 0.144. The number of hydrogen-bond acceptors (Lipinski definition) is 5. The van der Waals surface area contributed by atoms with E-state index in [0.717, 1.165) is 4.57 Å². The van der Waals surface area contributed by atoms with Gasteiger partial charge in [-0.2, -0.15) is 0 Å². The van der Waals surface area contributed by atoms with Crippen molar-refractivity contribution in [1.29, 1.82) is 0 Å². The molecule has 6 nitrogen and oxygen atoms in total. The van der Waals surface area contributed by atoms with E-state index in [4.69, 9.17) is 16.3 Å². The summed E-state index contributed by atoms with van der Waals surface area (Å²) in [5.41, 5.74) is -0.864. The van der Waals surface area contributed by atoms with Gasteiger partial charge in [0.2, 0.25) is 0 Å². The van der Waals surface area contributed by atoms with E-state index in [-0.39, 0.29) is 28.9 Å². The Morgan fingerprint density at radius 2 is 2.00 bits per heavy atom. The van der Waals surface area contributed by atoms with E-state index in [2.05, 4.69) is 15.9 Å². The van der Waals surface area contributed by atoms with Crippen molar-refractivity contribution in [3.05, 3.63) is 78.1 Å². The fourth-order valence-corrected chi connectivity index (χ4v) is 5.22. The lowest BCUT2D eigenvalue weighted by molar-refractivity contribution is -0.143. The fourth-order valence-electron chi connectivity index (χ4n) is 3.39. The van der Waals surface area contributed by atoms with Crippen LogP contribution in [0.5, 0.6) is 0 Å². The van der Waals surface area contributed by atoms with Crippen molar-refractivity contribution in [3.63, 3.8) is 0 Å². The van der Waals surface area contributed by atoms with Gasteiger partial charge in [-0.25, -0.2) is 9.18 Å². The molecule has 0 spiro atoms. The highest BCUT2D eigenvalue weighted by atomic mass is 79.9. The number of carbonyl (C=O) groups is 1. The summed E-state index contributed by atoms with van der Waals surface area (Å²) >= 11 is 10.7. The van der Waals surface area contributed by atoms with Crippen molar-refractivity contribution in [2.24, 2.45) is 0 Å². The quantitative estimate of drug-likeness (QED) is 0.359. The smallest absolute Gasteiger partial charge is 0.332 e. The molecular formula is C21H15BrClFN2O4S. The Hall–Kier alpha value is -2.49. The molecule has 0 fully saturated rings. The highest BCUT2D eigenvalue weighted by Gasteiger charge is 2.22. The van der Waals surface area contributed by atoms with Crippen molar-refractivity contribution >= 4 is 65.1 Å². The van der Waals surface area contributed by atoms with Crippen LogP contribution in [0.2, 0.25) is 5.02 Å². The van der Waals surface area contributed by atoms with E-state index >= 15 is 0 Å². The van der Waals surface area contributed by atoms with Gasteiger partial charge >= 0.3 is 11.7 Å². The number of rotatable bonds is 5. The van der Waals surface area contributed by atoms with E-state index in [1.54, 1.807) is 31.2 Å². The topological polar surface area (TPSA) is 70.3 Å². The maximum absolute atomic E-state index is 14.4. The number of halogens is 3. The molecule has 0 unspecified atom stereocenters. The molecule has 2 aromatic heterocycles. The number of hydrogen-bond donors (Lipinski definition) is 0. The van der Waals surface area contributed by atoms with Crippen molar-refractivity contribution in [2.45, 2.75) is 20.0 Å². The Morgan fingerprint density at radius 1 is 1.23 bits per heavy atom. The molecule has 0 saturated heterocycles. The second-order valence-electron chi connectivity index (χ2n) is 6.69. The van der Waals surface area contributed by atoms with Gasteiger partial charge < -0.3 is 4.74 Å². The lowest BCUT2D eigenvalue weighted by Gasteiger charge is -2.13. The zero-order chi connectivity index (χ0) is 22.3. The van der Waals surface area contributed by atoms with E-state index in [1.165, 1.54) is 28.0 Å². The molecule has 0 N–H and O–H groups in total.